The first-order chi connectivity index (χ1) is 10.5. The van der Waals surface area contributed by atoms with Crippen molar-refractivity contribution in [2.45, 2.75) is 19.3 Å². The lowest BCUT2D eigenvalue weighted by molar-refractivity contribution is -0.140. The number of ketones is 1. The van der Waals surface area contributed by atoms with Crippen LogP contribution in [0.4, 0.5) is 0 Å². The van der Waals surface area contributed by atoms with E-state index < -0.39 is 0 Å². The van der Waals surface area contributed by atoms with E-state index in [-0.39, 0.29) is 46.7 Å². The fourth-order valence-corrected chi connectivity index (χ4v) is 2.28. The summed E-state index contributed by atoms with van der Waals surface area (Å²) in [4.78, 5) is 23.4. The van der Waals surface area contributed by atoms with Gasteiger partial charge in [-0.25, -0.2) is 0 Å². The molecule has 0 atom stereocenters. The van der Waals surface area contributed by atoms with Crippen LogP contribution in [0.5, 0.6) is 17.2 Å². The monoisotopic (exact) mass is 330 g/mol. The zero-order valence-electron chi connectivity index (χ0n) is 13.0. The molecule has 0 fully saturated rings. The zero-order chi connectivity index (χ0) is 16.7. The van der Waals surface area contributed by atoms with E-state index in [0.717, 1.165) is 0 Å². The Morgan fingerprint density at radius 1 is 0.955 bits per heavy atom. The minimum absolute atomic E-state index is 0.164. The van der Waals surface area contributed by atoms with Gasteiger partial charge in [-0.1, -0.05) is 11.6 Å². The predicted molar refractivity (Wildman–Crippen MR) is 81.3 cm³/mol. The van der Waals surface area contributed by atoms with Crippen LogP contribution in [0.3, 0.4) is 0 Å². The van der Waals surface area contributed by atoms with Gasteiger partial charge < -0.3 is 18.9 Å². The predicted octanol–water partition coefficient (Wildman–Crippen LogP) is 2.89. The lowest BCUT2D eigenvalue weighted by Gasteiger charge is -2.16. The molecule has 1 aromatic rings. The summed E-state index contributed by atoms with van der Waals surface area (Å²) in [6.07, 6.45) is 0.712. The van der Waals surface area contributed by atoms with Crippen LogP contribution < -0.4 is 14.2 Å². The summed E-state index contributed by atoms with van der Waals surface area (Å²) in [7, 11) is 5.61. The van der Waals surface area contributed by atoms with Gasteiger partial charge in [0.25, 0.3) is 0 Å². The smallest absolute Gasteiger partial charge is 0.305 e. The van der Waals surface area contributed by atoms with Crippen molar-refractivity contribution in [3.05, 3.63) is 16.7 Å². The Kier molecular flexibility index (Phi) is 6.98. The number of rotatable bonds is 8. The Bertz CT molecular complexity index is 555. The first kappa shape index (κ1) is 18.1. The molecule has 0 aromatic heterocycles. The molecule has 0 aliphatic carbocycles. The van der Waals surface area contributed by atoms with Gasteiger partial charge in [-0.3, -0.25) is 9.59 Å². The molecule has 0 aliphatic rings. The number of methoxy groups -OCH3 is 4. The maximum atomic E-state index is 12.3. The van der Waals surface area contributed by atoms with Crippen molar-refractivity contribution in [2.75, 3.05) is 28.4 Å². The maximum Gasteiger partial charge on any atom is 0.305 e. The number of hydrogen-bond donors (Lipinski definition) is 0. The molecule has 0 heterocycles. The van der Waals surface area contributed by atoms with Crippen molar-refractivity contribution >= 4 is 23.4 Å². The van der Waals surface area contributed by atoms with Crippen LogP contribution in [0.2, 0.25) is 5.02 Å². The quantitative estimate of drug-likeness (QED) is 0.539. The SMILES string of the molecule is COC(=O)CCCC(=O)c1cc(Cl)c(OC)c(OC)c1OC. The van der Waals surface area contributed by atoms with E-state index in [1.165, 1.54) is 34.5 Å². The molecule has 0 amide bonds. The van der Waals surface area contributed by atoms with Gasteiger partial charge in [-0.2, -0.15) is 0 Å². The van der Waals surface area contributed by atoms with Gasteiger partial charge >= 0.3 is 5.97 Å². The number of hydrogen-bond acceptors (Lipinski definition) is 6. The van der Waals surface area contributed by atoms with Gasteiger partial charge in [0, 0.05) is 12.8 Å². The van der Waals surface area contributed by atoms with E-state index in [2.05, 4.69) is 4.74 Å². The van der Waals surface area contributed by atoms with Crippen LogP contribution in [-0.4, -0.2) is 40.2 Å². The molecule has 6 nitrogen and oxygen atoms in total. The van der Waals surface area contributed by atoms with Crippen molar-refractivity contribution < 1.29 is 28.5 Å². The average Bonchev–Trinajstić information content (AvgIpc) is 2.52. The van der Waals surface area contributed by atoms with Crippen LogP contribution in [0.1, 0.15) is 29.6 Å². The molecule has 0 spiro atoms. The molecule has 1 rings (SSSR count). The molecule has 122 valence electrons. The number of benzene rings is 1. The lowest BCUT2D eigenvalue weighted by atomic mass is 10.0. The Labute approximate surface area is 134 Å². The Balaban J connectivity index is 3.05. The van der Waals surface area contributed by atoms with Gasteiger partial charge in [0.1, 0.15) is 0 Å². The van der Waals surface area contributed by atoms with Gasteiger partial charge in [-0.15, -0.1) is 0 Å². The second-order valence-corrected chi connectivity index (χ2v) is 4.77. The summed E-state index contributed by atoms with van der Waals surface area (Å²) in [6, 6.07) is 1.47. The van der Waals surface area contributed by atoms with Gasteiger partial charge in [-0.05, 0) is 12.5 Å². The summed E-state index contributed by atoms with van der Waals surface area (Å²) in [5.41, 5.74) is 0.287. The van der Waals surface area contributed by atoms with Crippen molar-refractivity contribution in [1.82, 2.24) is 0 Å². The summed E-state index contributed by atoms with van der Waals surface area (Å²) in [6.45, 7) is 0. The highest BCUT2D eigenvalue weighted by molar-refractivity contribution is 6.33. The van der Waals surface area contributed by atoms with Crippen molar-refractivity contribution in [1.29, 1.82) is 0 Å². The lowest BCUT2D eigenvalue weighted by Crippen LogP contribution is -2.07. The topological polar surface area (TPSA) is 71.1 Å². The van der Waals surface area contributed by atoms with E-state index in [1.807, 2.05) is 0 Å². The molecule has 0 radical (unpaired) electrons. The van der Waals surface area contributed by atoms with Crippen molar-refractivity contribution in [3.8, 4) is 17.2 Å². The van der Waals surface area contributed by atoms with E-state index in [1.54, 1.807) is 0 Å². The Hall–Kier alpha value is -1.95. The molecule has 0 unspecified atom stereocenters. The highest BCUT2D eigenvalue weighted by Gasteiger charge is 2.23. The summed E-state index contributed by atoms with van der Waals surface area (Å²) < 4.78 is 20.2. The largest absolute Gasteiger partial charge is 0.492 e. The Morgan fingerprint density at radius 3 is 2.05 bits per heavy atom. The number of carbonyl (C=O) groups is 2. The van der Waals surface area contributed by atoms with Gasteiger partial charge in [0.05, 0.1) is 39.0 Å². The van der Waals surface area contributed by atoms with Crippen molar-refractivity contribution in [2.24, 2.45) is 0 Å². The average molecular weight is 331 g/mol. The molecular weight excluding hydrogens is 312 g/mol. The summed E-state index contributed by atoms with van der Waals surface area (Å²) in [5, 5.41) is 0.247. The third-order valence-corrected chi connectivity index (χ3v) is 3.35. The highest BCUT2D eigenvalue weighted by atomic mass is 35.5. The first-order valence-electron chi connectivity index (χ1n) is 6.58. The van der Waals surface area contributed by atoms with E-state index in [9.17, 15) is 9.59 Å². The molecular formula is C15H19ClO6. The van der Waals surface area contributed by atoms with Crippen LogP contribution in [0.25, 0.3) is 0 Å². The molecule has 7 heteroatoms. The Morgan fingerprint density at radius 2 is 1.55 bits per heavy atom. The first-order valence-corrected chi connectivity index (χ1v) is 6.96. The summed E-state index contributed by atoms with van der Waals surface area (Å²) >= 11 is 6.11. The normalized spacial score (nSPS) is 10.0. The molecule has 1 aromatic carbocycles. The third-order valence-electron chi connectivity index (χ3n) is 3.07. The minimum atomic E-state index is -0.356. The number of ether oxygens (including phenoxy) is 4. The van der Waals surface area contributed by atoms with Gasteiger partial charge in [0.15, 0.2) is 17.3 Å². The number of Topliss-reactive ketones (excluding diaryl/α,β-unsaturated/α-hetero) is 1. The minimum Gasteiger partial charge on any atom is -0.492 e. The second-order valence-electron chi connectivity index (χ2n) is 4.36. The fourth-order valence-electron chi connectivity index (χ4n) is 2.01. The van der Waals surface area contributed by atoms with Gasteiger partial charge in [0.2, 0.25) is 5.75 Å². The van der Waals surface area contributed by atoms with E-state index in [0.29, 0.717) is 12.2 Å². The van der Waals surface area contributed by atoms with Crippen LogP contribution in [0, 0.1) is 0 Å². The molecule has 0 bridgehead atoms. The number of esters is 1. The standard InChI is InChI=1S/C15H19ClO6/c1-19-12(18)7-5-6-11(17)9-8-10(16)14(21-3)15(22-4)13(9)20-2/h8H,5-7H2,1-4H3. The second kappa shape index (κ2) is 8.48. The number of carbonyl (C=O) groups excluding carboxylic acids is 2. The van der Waals surface area contributed by atoms with E-state index in [4.69, 9.17) is 25.8 Å². The molecule has 22 heavy (non-hydrogen) atoms. The maximum absolute atomic E-state index is 12.3. The van der Waals surface area contributed by atoms with Crippen LogP contribution >= 0.6 is 11.6 Å². The molecule has 0 saturated heterocycles. The zero-order valence-corrected chi connectivity index (χ0v) is 13.8. The molecule has 0 aliphatic heterocycles. The molecule has 0 N–H and O–H groups in total. The highest BCUT2D eigenvalue weighted by Crippen LogP contribution is 2.45. The van der Waals surface area contributed by atoms with Crippen LogP contribution in [0.15, 0.2) is 6.07 Å². The third kappa shape index (κ3) is 4.04. The molecule has 0 saturated carbocycles. The van der Waals surface area contributed by atoms with E-state index >= 15 is 0 Å². The van der Waals surface area contributed by atoms with Crippen LogP contribution in [-0.2, 0) is 9.53 Å². The summed E-state index contributed by atoms with van der Waals surface area (Å²) in [5.74, 6) is 0.251. The number of halogens is 1. The fraction of sp³-hybridized carbons (Fsp3) is 0.467. The van der Waals surface area contributed by atoms with Crippen molar-refractivity contribution in [3.63, 3.8) is 0 Å².